The van der Waals surface area contributed by atoms with Crippen LogP contribution in [0.1, 0.15) is 46.4 Å². The van der Waals surface area contributed by atoms with Crippen LogP contribution in [0.3, 0.4) is 0 Å². The van der Waals surface area contributed by atoms with Gasteiger partial charge in [-0.05, 0) is 93.7 Å². The summed E-state index contributed by atoms with van der Waals surface area (Å²) in [6.07, 6.45) is 2.92. The van der Waals surface area contributed by atoms with Gasteiger partial charge in [-0.3, -0.25) is 4.79 Å². The van der Waals surface area contributed by atoms with Gasteiger partial charge < -0.3 is 20.3 Å². The Balaban J connectivity index is 0.00000231. The number of nitriles is 2. The molecule has 214 valence electrons. The van der Waals surface area contributed by atoms with E-state index in [9.17, 15) is 10.1 Å². The number of benzene rings is 2. The molecule has 0 bridgehead atoms. The van der Waals surface area contributed by atoms with Crippen LogP contribution >= 0.6 is 34.0 Å². The van der Waals surface area contributed by atoms with E-state index in [1.807, 2.05) is 30.9 Å². The maximum atomic E-state index is 13.3. The van der Waals surface area contributed by atoms with Gasteiger partial charge in [-0.15, -0.1) is 34.0 Å². The fraction of sp³-hybridized carbons (Fsp3) is 0.367. The first-order valence-corrected chi connectivity index (χ1v) is 13.3. The second-order valence-electron chi connectivity index (χ2n) is 10.1. The lowest BCUT2D eigenvalue weighted by molar-refractivity contribution is -0.136. The van der Waals surface area contributed by atoms with Gasteiger partial charge in [0, 0.05) is 36.7 Å². The predicted molar refractivity (Wildman–Crippen MR) is 167 cm³/mol. The summed E-state index contributed by atoms with van der Waals surface area (Å²) in [5, 5.41) is 25.0. The number of fused-ring (bicyclic) bond motifs is 1. The topological polar surface area (TPSA) is 127 Å². The molecule has 41 heavy (non-hydrogen) atoms. The molecule has 3 aromatic rings. The number of anilines is 2. The van der Waals surface area contributed by atoms with Crippen LogP contribution < -0.4 is 15.4 Å². The van der Waals surface area contributed by atoms with Crippen LogP contribution in [0.4, 0.5) is 11.6 Å². The van der Waals surface area contributed by atoms with Crippen molar-refractivity contribution in [3.63, 3.8) is 0 Å². The fourth-order valence-corrected chi connectivity index (χ4v) is 5.28. The average molecular weight is 683 g/mol. The van der Waals surface area contributed by atoms with Gasteiger partial charge in [-0.2, -0.15) is 15.5 Å². The van der Waals surface area contributed by atoms with Gasteiger partial charge in [-0.1, -0.05) is 0 Å². The van der Waals surface area contributed by atoms with Gasteiger partial charge in [0.2, 0.25) is 17.7 Å². The lowest BCUT2D eigenvalue weighted by Gasteiger charge is -2.28. The van der Waals surface area contributed by atoms with E-state index in [1.165, 1.54) is 0 Å². The highest BCUT2D eigenvalue weighted by molar-refractivity contribution is 8.93. The van der Waals surface area contributed by atoms with Crippen LogP contribution in [0.5, 0.6) is 11.6 Å². The van der Waals surface area contributed by atoms with E-state index < -0.39 is 0 Å². The molecule has 11 heteroatoms. The van der Waals surface area contributed by atoms with Crippen molar-refractivity contribution in [3.8, 4) is 23.8 Å². The highest BCUT2D eigenvalue weighted by atomic mass is 79.9. The van der Waals surface area contributed by atoms with Crippen molar-refractivity contribution in [2.45, 2.75) is 39.5 Å². The summed E-state index contributed by atoms with van der Waals surface area (Å²) >= 11 is 0. The summed E-state index contributed by atoms with van der Waals surface area (Å²) in [5.74, 6) is 1.77. The maximum Gasteiger partial charge on any atom is 0.230 e. The third kappa shape index (κ3) is 7.42. The molecule has 2 N–H and O–H groups in total. The number of ether oxygens (including phenoxy) is 1. The number of aromatic nitrogens is 2. The molecule has 5 rings (SSSR count). The monoisotopic (exact) mass is 681 g/mol. The molecule has 1 fully saturated rings. The van der Waals surface area contributed by atoms with Gasteiger partial charge in [0.1, 0.15) is 5.75 Å². The summed E-state index contributed by atoms with van der Waals surface area (Å²) in [4.78, 5) is 24.9. The molecule has 1 amide bonds. The fourth-order valence-electron chi connectivity index (χ4n) is 5.28. The second kappa shape index (κ2) is 14.4. The number of rotatable bonds is 5. The Morgan fingerprint density at radius 2 is 1.61 bits per heavy atom. The third-order valence-electron chi connectivity index (χ3n) is 7.36. The molecule has 0 radical (unpaired) electrons. The minimum atomic E-state index is 0. The van der Waals surface area contributed by atoms with Gasteiger partial charge in [0.05, 0.1) is 29.0 Å². The van der Waals surface area contributed by atoms with Crippen molar-refractivity contribution in [2.75, 3.05) is 31.5 Å². The third-order valence-corrected chi connectivity index (χ3v) is 7.36. The van der Waals surface area contributed by atoms with Crippen molar-refractivity contribution in [2.24, 2.45) is 5.92 Å². The minimum absolute atomic E-state index is 0. The summed E-state index contributed by atoms with van der Waals surface area (Å²) in [6, 6.07) is 15.0. The Morgan fingerprint density at radius 1 is 0.976 bits per heavy atom. The molecule has 3 heterocycles. The van der Waals surface area contributed by atoms with Crippen LogP contribution in [0.15, 0.2) is 36.4 Å². The summed E-state index contributed by atoms with van der Waals surface area (Å²) in [7, 11) is 0. The van der Waals surface area contributed by atoms with Crippen molar-refractivity contribution in [1.29, 1.82) is 10.5 Å². The minimum Gasteiger partial charge on any atom is -0.438 e. The number of halogens is 2. The number of nitrogens with one attached hydrogen (secondary N) is 2. The van der Waals surface area contributed by atoms with Gasteiger partial charge >= 0.3 is 0 Å². The highest BCUT2D eigenvalue weighted by Gasteiger charge is 2.29. The van der Waals surface area contributed by atoms with Crippen molar-refractivity contribution in [1.82, 2.24) is 20.2 Å². The smallest absolute Gasteiger partial charge is 0.230 e. The standard InChI is InChI=1S/C30H31N7O2.2BrH/c1-19-15-22(18-32)16-20(2)27(19)39-28-25-9-13-37(29(38)23-7-11-33-12-8-23)14-10-26(25)35-30(36-28)34-24-5-3-21(17-31)4-6-24;;/h3-6,15-16,23,33H,7-14H2,1-2H3,(H,34,35,36);2*1H. The molecule has 0 atom stereocenters. The Hall–Kier alpha value is -3.51. The van der Waals surface area contributed by atoms with E-state index in [4.69, 9.17) is 20.0 Å². The second-order valence-corrected chi connectivity index (χ2v) is 10.1. The van der Waals surface area contributed by atoms with E-state index >= 15 is 0 Å². The molecule has 9 nitrogen and oxygen atoms in total. The number of hydrogen-bond donors (Lipinski definition) is 2. The molecule has 0 saturated carbocycles. The Kier molecular flexibility index (Phi) is 11.2. The number of hydrogen-bond acceptors (Lipinski definition) is 8. The van der Waals surface area contributed by atoms with Crippen molar-refractivity contribution < 1.29 is 9.53 Å². The molecule has 0 aliphatic carbocycles. The molecule has 1 aromatic heterocycles. The molecular formula is C30H33Br2N7O2. The Bertz CT molecular complexity index is 1450. The number of piperidine rings is 1. The van der Waals surface area contributed by atoms with E-state index in [1.54, 1.807) is 24.3 Å². The summed E-state index contributed by atoms with van der Waals surface area (Å²) in [6.45, 7) is 6.76. The molecule has 2 aliphatic rings. The van der Waals surface area contributed by atoms with Crippen LogP contribution in [0.2, 0.25) is 0 Å². The predicted octanol–water partition coefficient (Wildman–Crippen LogP) is 5.46. The van der Waals surface area contributed by atoms with Crippen LogP contribution in [-0.4, -0.2) is 47.0 Å². The number of carbonyl (C=O) groups excluding carboxylic acids is 1. The number of amides is 1. The number of nitrogens with zero attached hydrogens (tertiary/aromatic N) is 5. The first kappa shape index (κ1) is 32.0. The SMILES string of the molecule is Br.Br.Cc1cc(C#N)cc(C)c1Oc1nc(Nc2ccc(C#N)cc2)nc2c1CCN(C(=O)C1CCNCC1)CC2. The van der Waals surface area contributed by atoms with Crippen molar-refractivity contribution >= 4 is 51.5 Å². The molecular weight excluding hydrogens is 650 g/mol. The maximum absolute atomic E-state index is 13.3. The zero-order valence-corrected chi connectivity index (χ0v) is 26.5. The van der Waals surface area contributed by atoms with Gasteiger partial charge in [0.15, 0.2) is 0 Å². The Morgan fingerprint density at radius 3 is 2.24 bits per heavy atom. The van der Waals surface area contributed by atoms with E-state index in [2.05, 4.69) is 22.8 Å². The zero-order valence-electron chi connectivity index (χ0n) is 23.1. The molecule has 0 unspecified atom stereocenters. The van der Waals surface area contributed by atoms with Gasteiger partial charge in [-0.25, -0.2) is 4.98 Å². The molecule has 0 spiro atoms. The normalized spacial score (nSPS) is 14.7. The molecule has 2 aliphatic heterocycles. The summed E-state index contributed by atoms with van der Waals surface area (Å²) < 4.78 is 6.47. The molecule has 1 saturated heterocycles. The first-order valence-electron chi connectivity index (χ1n) is 13.3. The van der Waals surface area contributed by atoms with Crippen molar-refractivity contribution in [3.05, 3.63) is 69.9 Å². The number of carbonyl (C=O) groups is 1. The lowest BCUT2D eigenvalue weighted by Crippen LogP contribution is -2.42. The van der Waals surface area contributed by atoms with E-state index in [-0.39, 0.29) is 45.8 Å². The largest absolute Gasteiger partial charge is 0.438 e. The Labute approximate surface area is 261 Å². The van der Waals surface area contributed by atoms with Crippen LogP contribution in [0, 0.1) is 42.4 Å². The molecule has 2 aromatic carbocycles. The van der Waals surface area contributed by atoms with E-state index in [0.717, 1.165) is 54.0 Å². The zero-order chi connectivity index (χ0) is 27.4. The number of aryl methyl sites for hydroxylation is 2. The summed E-state index contributed by atoms with van der Waals surface area (Å²) in [5.41, 5.74) is 5.33. The first-order chi connectivity index (χ1) is 18.9. The van der Waals surface area contributed by atoms with Crippen LogP contribution in [0.25, 0.3) is 0 Å². The van der Waals surface area contributed by atoms with E-state index in [0.29, 0.717) is 54.6 Å². The lowest BCUT2D eigenvalue weighted by atomic mass is 9.96. The van der Waals surface area contributed by atoms with Crippen LogP contribution in [-0.2, 0) is 17.6 Å². The highest BCUT2D eigenvalue weighted by Crippen LogP contribution is 2.34. The quantitative estimate of drug-likeness (QED) is 0.364. The average Bonchev–Trinajstić information content (AvgIpc) is 3.18. The van der Waals surface area contributed by atoms with Gasteiger partial charge in [0.25, 0.3) is 0 Å².